The zero-order valence-corrected chi connectivity index (χ0v) is 3.10. The maximum absolute atomic E-state index is 4.51. The van der Waals surface area contributed by atoms with E-state index in [2.05, 4.69) is 16.6 Å². The first kappa shape index (κ1) is 4.92. The largest absolute Gasteiger partial charge is 0.359 e. The number of rotatable bonds is 2. The highest BCUT2D eigenvalue weighted by atomic mass is 16.6. The maximum Gasteiger partial charge on any atom is 0.146 e. The van der Waals surface area contributed by atoms with Crippen LogP contribution in [0.5, 0.6) is 0 Å². The molecule has 5 heavy (non-hydrogen) atoms. The molecule has 0 atom stereocenters. The molecule has 0 saturated carbocycles. The molecule has 0 amide bonds. The van der Waals surface area contributed by atoms with Gasteiger partial charge < -0.3 is 9.47 Å². The molecule has 0 aromatic rings. The average molecular weight is 74.1 g/mol. The standard InChI is InChI=1S/C3H6O2/c1-4-3-5-2/h1H,3H2,2H3. The van der Waals surface area contributed by atoms with Crippen molar-refractivity contribution >= 4 is 0 Å². The summed E-state index contributed by atoms with van der Waals surface area (Å²) in [6.45, 7) is 0.167. The highest BCUT2D eigenvalue weighted by Crippen LogP contribution is 1.63. The van der Waals surface area contributed by atoms with Crippen molar-refractivity contribution in [3.63, 3.8) is 0 Å². The minimum Gasteiger partial charge on any atom is -0.359 e. The topological polar surface area (TPSA) is 18.5 Å². The second-order valence-corrected chi connectivity index (χ2v) is 0.573. The van der Waals surface area contributed by atoms with E-state index < -0.39 is 0 Å². The SMILES string of the molecule is [CH]OCOC. The van der Waals surface area contributed by atoms with Gasteiger partial charge in [-0.05, 0) is 0 Å². The summed E-state index contributed by atoms with van der Waals surface area (Å²) in [5, 5.41) is 0. The molecule has 2 radical (unpaired) electrons. The van der Waals surface area contributed by atoms with Gasteiger partial charge in [-0.15, -0.1) is 0 Å². The summed E-state index contributed by atoms with van der Waals surface area (Å²) < 4.78 is 8.31. The van der Waals surface area contributed by atoms with Crippen LogP contribution in [0.25, 0.3) is 0 Å². The quantitative estimate of drug-likeness (QED) is 0.438. The number of hydrogen-bond acceptors (Lipinski definition) is 2. The molecule has 2 heteroatoms. The van der Waals surface area contributed by atoms with Crippen molar-refractivity contribution in [1.29, 1.82) is 0 Å². The lowest BCUT2D eigenvalue weighted by molar-refractivity contribution is 0.0164. The highest BCUT2D eigenvalue weighted by molar-refractivity contribution is 3.95. The predicted octanol–water partition coefficient (Wildman–Crippen LogP) is 0.275. The van der Waals surface area contributed by atoms with Gasteiger partial charge in [0.1, 0.15) is 13.9 Å². The Morgan fingerprint density at radius 2 is 2.40 bits per heavy atom. The Morgan fingerprint density at radius 3 is 2.40 bits per heavy atom. The van der Waals surface area contributed by atoms with Gasteiger partial charge in [0, 0.05) is 7.11 Å². The summed E-state index contributed by atoms with van der Waals surface area (Å²) in [6.07, 6.45) is 0. The summed E-state index contributed by atoms with van der Waals surface area (Å²) in [7, 11) is 6.02. The van der Waals surface area contributed by atoms with Crippen LogP contribution >= 0.6 is 0 Å². The van der Waals surface area contributed by atoms with Gasteiger partial charge in [0.15, 0.2) is 0 Å². The lowest BCUT2D eigenvalue weighted by Gasteiger charge is -1.86. The van der Waals surface area contributed by atoms with Gasteiger partial charge in [-0.1, -0.05) is 0 Å². The monoisotopic (exact) mass is 74.0 g/mol. The number of ether oxygens (including phenoxy) is 2. The first-order valence-corrected chi connectivity index (χ1v) is 1.22. The van der Waals surface area contributed by atoms with Crippen LogP contribution in [0.15, 0.2) is 0 Å². The van der Waals surface area contributed by atoms with Crippen molar-refractivity contribution in [3.05, 3.63) is 7.11 Å². The van der Waals surface area contributed by atoms with Crippen LogP contribution in [0, 0.1) is 7.11 Å². The third-order valence-electron chi connectivity index (χ3n) is 0.186. The van der Waals surface area contributed by atoms with Crippen LogP contribution in [-0.4, -0.2) is 13.9 Å². The minimum absolute atomic E-state index is 0.167. The zero-order chi connectivity index (χ0) is 4.12. The molecule has 0 aromatic heterocycles. The van der Waals surface area contributed by atoms with E-state index >= 15 is 0 Å². The van der Waals surface area contributed by atoms with Crippen molar-refractivity contribution in [2.75, 3.05) is 13.9 Å². The van der Waals surface area contributed by atoms with Crippen LogP contribution in [0.4, 0.5) is 0 Å². The molecule has 0 aliphatic rings. The third kappa shape index (κ3) is 3.92. The van der Waals surface area contributed by atoms with Crippen molar-refractivity contribution in [2.24, 2.45) is 0 Å². The van der Waals surface area contributed by atoms with Crippen LogP contribution in [-0.2, 0) is 9.47 Å². The van der Waals surface area contributed by atoms with Crippen molar-refractivity contribution in [3.8, 4) is 0 Å². The summed E-state index contributed by atoms with van der Waals surface area (Å²) in [5.41, 5.74) is 0. The van der Waals surface area contributed by atoms with Crippen molar-refractivity contribution < 1.29 is 9.47 Å². The highest BCUT2D eigenvalue weighted by Gasteiger charge is 1.64. The smallest absolute Gasteiger partial charge is 0.146 e. The summed E-state index contributed by atoms with van der Waals surface area (Å²) in [5.74, 6) is 0. The fourth-order valence-electron chi connectivity index (χ4n) is 0.0680. The molecule has 0 rings (SSSR count). The Morgan fingerprint density at radius 1 is 1.80 bits per heavy atom. The van der Waals surface area contributed by atoms with Gasteiger partial charge in [0.2, 0.25) is 0 Å². The van der Waals surface area contributed by atoms with Gasteiger partial charge in [-0.25, -0.2) is 0 Å². The molecule has 0 fully saturated rings. The Bertz CT molecular complexity index is 12.4. The van der Waals surface area contributed by atoms with Crippen molar-refractivity contribution in [2.45, 2.75) is 0 Å². The van der Waals surface area contributed by atoms with E-state index in [0.29, 0.717) is 0 Å². The van der Waals surface area contributed by atoms with Gasteiger partial charge in [0.25, 0.3) is 0 Å². The van der Waals surface area contributed by atoms with Crippen LogP contribution in [0.1, 0.15) is 0 Å². The van der Waals surface area contributed by atoms with E-state index in [1.807, 2.05) is 0 Å². The van der Waals surface area contributed by atoms with Crippen LogP contribution in [0.3, 0.4) is 0 Å². The fraction of sp³-hybridized carbons (Fsp3) is 0.667. The molecule has 2 nitrogen and oxygen atoms in total. The third-order valence-corrected chi connectivity index (χ3v) is 0.186. The Hall–Kier alpha value is -0.0800. The molecule has 0 unspecified atom stereocenters. The van der Waals surface area contributed by atoms with E-state index in [-0.39, 0.29) is 6.79 Å². The molecule has 0 aliphatic heterocycles. The molecule has 0 spiro atoms. The first-order valence-electron chi connectivity index (χ1n) is 1.22. The predicted molar refractivity (Wildman–Crippen MR) is 17.3 cm³/mol. The molecule has 0 heterocycles. The lowest BCUT2D eigenvalue weighted by Crippen LogP contribution is -1.85. The fourth-order valence-corrected chi connectivity index (χ4v) is 0.0680. The molecule has 30 valence electrons. The summed E-state index contributed by atoms with van der Waals surface area (Å²) in [6, 6.07) is 0. The van der Waals surface area contributed by atoms with E-state index in [9.17, 15) is 0 Å². The van der Waals surface area contributed by atoms with Crippen LogP contribution in [0.2, 0.25) is 0 Å². The van der Waals surface area contributed by atoms with Gasteiger partial charge >= 0.3 is 0 Å². The lowest BCUT2D eigenvalue weighted by atomic mass is 11.4. The number of methoxy groups -OCH3 is 1. The van der Waals surface area contributed by atoms with E-state index in [1.54, 1.807) is 0 Å². The molecule has 0 aromatic carbocycles. The average Bonchev–Trinajstić information content (AvgIpc) is 1.41. The second-order valence-electron chi connectivity index (χ2n) is 0.573. The molecular weight excluding hydrogens is 68.0 g/mol. The second kappa shape index (κ2) is 3.92. The van der Waals surface area contributed by atoms with Crippen LogP contribution < -0.4 is 0 Å². The molecule has 0 bridgehead atoms. The van der Waals surface area contributed by atoms with E-state index in [0.717, 1.165) is 0 Å². The maximum atomic E-state index is 4.51. The molecule has 0 N–H and O–H groups in total. The number of hydrogen-bond donors (Lipinski definition) is 0. The Balaban J connectivity index is 2.19. The summed E-state index contributed by atoms with van der Waals surface area (Å²) in [4.78, 5) is 0. The van der Waals surface area contributed by atoms with Gasteiger partial charge in [-0.2, -0.15) is 0 Å². The molecule has 0 saturated heterocycles. The van der Waals surface area contributed by atoms with Crippen molar-refractivity contribution in [1.82, 2.24) is 0 Å². The first-order chi connectivity index (χ1) is 2.41. The van der Waals surface area contributed by atoms with E-state index in [1.165, 1.54) is 7.11 Å². The normalized spacial score (nSPS) is 8.40. The van der Waals surface area contributed by atoms with Gasteiger partial charge in [0.05, 0.1) is 0 Å². The van der Waals surface area contributed by atoms with Gasteiger partial charge in [-0.3, -0.25) is 0 Å². The Labute approximate surface area is 31.7 Å². The molecular formula is C3H6O2. The molecule has 0 aliphatic carbocycles. The van der Waals surface area contributed by atoms with E-state index in [4.69, 9.17) is 0 Å². The zero-order valence-electron chi connectivity index (χ0n) is 3.10. The summed E-state index contributed by atoms with van der Waals surface area (Å²) >= 11 is 0. The Kier molecular flexibility index (Phi) is 3.86. The minimum atomic E-state index is 0.167.